The van der Waals surface area contributed by atoms with Crippen LogP contribution in [0.2, 0.25) is 0 Å². The van der Waals surface area contributed by atoms with Crippen LogP contribution in [-0.4, -0.2) is 6.17 Å². The molecular weight excluding hydrogens is 199 g/mol. The van der Waals surface area contributed by atoms with Crippen LogP contribution in [0, 0.1) is 23.7 Å². The Morgan fingerprint density at radius 2 is 1.50 bits per heavy atom. The summed E-state index contributed by atoms with van der Waals surface area (Å²) in [5, 5.41) is 0. The third-order valence-electron chi connectivity index (χ3n) is 5.07. The molecule has 0 saturated heterocycles. The van der Waals surface area contributed by atoms with Crippen molar-refractivity contribution in [2.45, 2.75) is 71.4 Å². The van der Waals surface area contributed by atoms with Crippen molar-refractivity contribution < 1.29 is 4.39 Å². The first-order valence-corrected chi connectivity index (χ1v) is 7.31. The second-order valence-corrected chi connectivity index (χ2v) is 6.44. The van der Waals surface area contributed by atoms with Gasteiger partial charge in [-0.1, -0.05) is 39.5 Å². The van der Waals surface area contributed by atoms with Gasteiger partial charge in [-0.05, 0) is 49.4 Å². The summed E-state index contributed by atoms with van der Waals surface area (Å²) in [4.78, 5) is 0. The Bertz CT molecular complexity index is 205. The molecule has 3 unspecified atom stereocenters. The molecular formula is C15H27F. The fraction of sp³-hybridized carbons (Fsp3) is 1.00. The zero-order chi connectivity index (χ0) is 11.5. The summed E-state index contributed by atoms with van der Waals surface area (Å²) in [5.74, 6) is 3.01. The van der Waals surface area contributed by atoms with Crippen LogP contribution in [-0.2, 0) is 0 Å². The zero-order valence-corrected chi connectivity index (χ0v) is 10.9. The second kappa shape index (κ2) is 5.51. The van der Waals surface area contributed by atoms with E-state index in [0.717, 1.165) is 37.0 Å². The van der Waals surface area contributed by atoms with Gasteiger partial charge in [0, 0.05) is 0 Å². The molecule has 2 saturated carbocycles. The van der Waals surface area contributed by atoms with Gasteiger partial charge in [0.05, 0.1) is 0 Å². The molecule has 0 N–H and O–H groups in total. The van der Waals surface area contributed by atoms with Crippen LogP contribution in [0.25, 0.3) is 0 Å². The van der Waals surface area contributed by atoms with Crippen molar-refractivity contribution in [3.63, 3.8) is 0 Å². The van der Waals surface area contributed by atoms with E-state index >= 15 is 0 Å². The largest absolute Gasteiger partial charge is 0.247 e. The Labute approximate surface area is 100 Å². The lowest BCUT2D eigenvalue weighted by atomic mass is 9.73. The molecule has 0 radical (unpaired) electrons. The van der Waals surface area contributed by atoms with E-state index in [1.165, 1.54) is 32.1 Å². The zero-order valence-electron chi connectivity index (χ0n) is 10.9. The lowest BCUT2D eigenvalue weighted by molar-refractivity contribution is 0.166. The van der Waals surface area contributed by atoms with Crippen molar-refractivity contribution in [3.8, 4) is 0 Å². The molecule has 0 aromatic rings. The highest BCUT2D eigenvalue weighted by atomic mass is 19.1. The Morgan fingerprint density at radius 3 is 2.19 bits per heavy atom. The molecule has 0 heterocycles. The molecule has 94 valence electrons. The van der Waals surface area contributed by atoms with Gasteiger partial charge in [-0.3, -0.25) is 0 Å². The van der Waals surface area contributed by atoms with E-state index in [4.69, 9.17) is 0 Å². The molecule has 0 bridgehead atoms. The van der Waals surface area contributed by atoms with Crippen LogP contribution >= 0.6 is 0 Å². The highest BCUT2D eigenvalue weighted by Crippen LogP contribution is 2.41. The van der Waals surface area contributed by atoms with Gasteiger partial charge in [0.25, 0.3) is 0 Å². The van der Waals surface area contributed by atoms with Crippen molar-refractivity contribution in [2.75, 3.05) is 0 Å². The molecule has 2 aliphatic carbocycles. The van der Waals surface area contributed by atoms with E-state index < -0.39 is 6.17 Å². The average molecular weight is 226 g/mol. The molecule has 2 fully saturated rings. The van der Waals surface area contributed by atoms with Crippen molar-refractivity contribution in [1.82, 2.24) is 0 Å². The summed E-state index contributed by atoms with van der Waals surface area (Å²) in [6.45, 7) is 4.50. The second-order valence-electron chi connectivity index (χ2n) is 6.44. The van der Waals surface area contributed by atoms with Gasteiger partial charge in [-0.2, -0.15) is 0 Å². The summed E-state index contributed by atoms with van der Waals surface area (Å²) in [7, 11) is 0. The predicted molar refractivity (Wildman–Crippen MR) is 67.1 cm³/mol. The highest BCUT2D eigenvalue weighted by Gasteiger charge is 2.31. The third kappa shape index (κ3) is 2.99. The molecule has 16 heavy (non-hydrogen) atoms. The Kier molecular flexibility index (Phi) is 4.27. The lowest BCUT2D eigenvalue weighted by Crippen LogP contribution is -2.22. The van der Waals surface area contributed by atoms with Crippen LogP contribution in [0.3, 0.4) is 0 Å². The van der Waals surface area contributed by atoms with Crippen LogP contribution in [0.15, 0.2) is 0 Å². The van der Waals surface area contributed by atoms with Crippen molar-refractivity contribution >= 4 is 0 Å². The molecule has 0 spiro atoms. The van der Waals surface area contributed by atoms with Crippen LogP contribution in [0.1, 0.15) is 65.2 Å². The fourth-order valence-electron chi connectivity index (χ4n) is 3.79. The van der Waals surface area contributed by atoms with Gasteiger partial charge in [0.2, 0.25) is 0 Å². The van der Waals surface area contributed by atoms with Gasteiger partial charge in [-0.25, -0.2) is 4.39 Å². The molecule has 3 atom stereocenters. The smallest absolute Gasteiger partial charge is 0.103 e. The maximum Gasteiger partial charge on any atom is 0.103 e. The minimum atomic E-state index is -0.521. The quantitative estimate of drug-likeness (QED) is 0.553. The number of hydrogen-bond donors (Lipinski definition) is 0. The summed E-state index contributed by atoms with van der Waals surface area (Å²) in [5.41, 5.74) is 0. The number of halogens is 1. The summed E-state index contributed by atoms with van der Waals surface area (Å²) in [6.07, 6.45) is 9.52. The monoisotopic (exact) mass is 226 g/mol. The molecule has 0 nitrogen and oxygen atoms in total. The summed E-state index contributed by atoms with van der Waals surface area (Å²) in [6, 6.07) is 0. The molecule has 1 heteroatoms. The van der Waals surface area contributed by atoms with Crippen LogP contribution in [0.4, 0.5) is 4.39 Å². The Hall–Kier alpha value is -0.0700. The highest BCUT2D eigenvalue weighted by molar-refractivity contribution is 4.82. The molecule has 0 aromatic carbocycles. The third-order valence-corrected chi connectivity index (χ3v) is 5.07. The number of alkyl halides is 1. The summed E-state index contributed by atoms with van der Waals surface area (Å²) >= 11 is 0. The van der Waals surface area contributed by atoms with Gasteiger partial charge in [0.1, 0.15) is 6.17 Å². The summed E-state index contributed by atoms with van der Waals surface area (Å²) < 4.78 is 13.6. The number of hydrogen-bond acceptors (Lipinski definition) is 0. The normalized spacial score (nSPS) is 46.3. The van der Waals surface area contributed by atoms with Crippen molar-refractivity contribution in [2.24, 2.45) is 23.7 Å². The van der Waals surface area contributed by atoms with Crippen LogP contribution in [0.5, 0.6) is 0 Å². The molecule has 2 rings (SSSR count). The molecule has 2 aliphatic rings. The van der Waals surface area contributed by atoms with E-state index in [9.17, 15) is 4.39 Å². The molecule has 0 amide bonds. The topological polar surface area (TPSA) is 0 Å². The van der Waals surface area contributed by atoms with E-state index in [-0.39, 0.29) is 0 Å². The van der Waals surface area contributed by atoms with Gasteiger partial charge in [0.15, 0.2) is 0 Å². The Morgan fingerprint density at radius 1 is 0.812 bits per heavy atom. The minimum absolute atomic E-state index is 0.312. The lowest BCUT2D eigenvalue weighted by Gasteiger charge is -2.33. The molecule has 0 aliphatic heterocycles. The van der Waals surface area contributed by atoms with Gasteiger partial charge < -0.3 is 0 Å². The minimum Gasteiger partial charge on any atom is -0.247 e. The van der Waals surface area contributed by atoms with E-state index in [0.29, 0.717) is 5.92 Å². The Balaban J connectivity index is 1.88. The SMILES string of the molecule is CC1CCC(C2CCCC(F)C(C)C2)CC1. The van der Waals surface area contributed by atoms with E-state index in [2.05, 4.69) is 13.8 Å². The average Bonchev–Trinajstić information content (AvgIpc) is 2.43. The van der Waals surface area contributed by atoms with Crippen molar-refractivity contribution in [3.05, 3.63) is 0 Å². The van der Waals surface area contributed by atoms with E-state index in [1.807, 2.05) is 0 Å². The van der Waals surface area contributed by atoms with E-state index in [1.54, 1.807) is 0 Å². The first-order valence-electron chi connectivity index (χ1n) is 7.31. The first kappa shape index (κ1) is 12.4. The van der Waals surface area contributed by atoms with Gasteiger partial charge >= 0.3 is 0 Å². The molecule has 0 aromatic heterocycles. The fourth-order valence-corrected chi connectivity index (χ4v) is 3.79. The maximum atomic E-state index is 13.6. The maximum absolute atomic E-state index is 13.6. The standard InChI is InChI=1S/C15H27F/c1-11-6-8-13(9-7-11)14-4-3-5-15(16)12(2)10-14/h11-15H,3-10H2,1-2H3. The first-order chi connectivity index (χ1) is 7.66. The number of rotatable bonds is 1. The van der Waals surface area contributed by atoms with Crippen LogP contribution < -0.4 is 0 Å². The van der Waals surface area contributed by atoms with Crippen molar-refractivity contribution in [1.29, 1.82) is 0 Å². The predicted octanol–water partition coefficient (Wildman–Crippen LogP) is 4.98. The van der Waals surface area contributed by atoms with Gasteiger partial charge in [-0.15, -0.1) is 0 Å².